The molecule has 0 aliphatic carbocycles. The molecule has 0 aliphatic rings. The zero-order valence-electron chi connectivity index (χ0n) is 8.17. The number of anilines is 1. The van der Waals surface area contributed by atoms with Crippen molar-refractivity contribution in [2.24, 2.45) is 0 Å². The van der Waals surface area contributed by atoms with Crippen LogP contribution in [-0.2, 0) is 4.79 Å². The molecule has 7 nitrogen and oxygen atoms in total. The van der Waals surface area contributed by atoms with Crippen molar-refractivity contribution in [2.45, 2.75) is 11.4 Å². The van der Waals surface area contributed by atoms with Crippen LogP contribution in [0, 0.1) is 0 Å². The number of rotatable bonds is 4. The molecule has 84 valence electrons. The maximum Gasteiger partial charge on any atom is 0.304 e. The minimum atomic E-state index is -0.838. The zero-order chi connectivity index (χ0) is 11.5. The van der Waals surface area contributed by atoms with Crippen LogP contribution in [0.2, 0.25) is 0 Å². The third kappa shape index (κ3) is 2.22. The molecule has 0 unspecified atom stereocenters. The van der Waals surface area contributed by atoms with E-state index in [0.717, 1.165) is 0 Å². The van der Waals surface area contributed by atoms with E-state index in [1.165, 1.54) is 18.1 Å². The lowest BCUT2D eigenvalue weighted by molar-refractivity contribution is -0.136. The van der Waals surface area contributed by atoms with E-state index in [1.54, 1.807) is 0 Å². The van der Waals surface area contributed by atoms with Gasteiger partial charge in [0.1, 0.15) is 10.5 Å². The second-order valence-corrected chi connectivity index (χ2v) is 4.06. The molecule has 2 aromatic heterocycles. The van der Waals surface area contributed by atoms with Crippen LogP contribution in [0.3, 0.4) is 0 Å². The summed E-state index contributed by atoms with van der Waals surface area (Å²) in [6, 6.07) is 0. The standard InChI is InChI=1S/C8H9N5O2S/c9-8-12-6-5(10-3-11-6)7(13-8)16-2-1-4(14)15/h3H,1-2H2,(H,14,15)(H3,9,10,11,12,13). The van der Waals surface area contributed by atoms with Gasteiger partial charge < -0.3 is 15.8 Å². The van der Waals surface area contributed by atoms with Gasteiger partial charge in [-0.3, -0.25) is 4.79 Å². The quantitative estimate of drug-likeness (QED) is 0.525. The van der Waals surface area contributed by atoms with Gasteiger partial charge in [-0.1, -0.05) is 0 Å². The molecule has 0 saturated carbocycles. The molecule has 0 bridgehead atoms. The number of H-pyrrole nitrogens is 1. The monoisotopic (exact) mass is 239 g/mol. The first-order chi connectivity index (χ1) is 7.66. The molecule has 0 fully saturated rings. The van der Waals surface area contributed by atoms with Crippen LogP contribution >= 0.6 is 11.8 Å². The van der Waals surface area contributed by atoms with Crippen LogP contribution in [-0.4, -0.2) is 36.8 Å². The van der Waals surface area contributed by atoms with Crippen LogP contribution in [0.25, 0.3) is 11.2 Å². The second kappa shape index (κ2) is 4.35. The Kier molecular flexibility index (Phi) is 2.91. The number of carbonyl (C=O) groups is 1. The fourth-order valence-corrected chi connectivity index (χ4v) is 2.08. The number of nitrogen functional groups attached to an aromatic ring is 1. The molecule has 0 spiro atoms. The number of nitrogens with zero attached hydrogens (tertiary/aromatic N) is 3. The van der Waals surface area contributed by atoms with Crippen molar-refractivity contribution in [3.8, 4) is 0 Å². The first kappa shape index (κ1) is 10.7. The molecular weight excluding hydrogens is 230 g/mol. The molecule has 8 heteroatoms. The Hall–Kier alpha value is -1.83. The number of carboxylic acids is 1. The van der Waals surface area contributed by atoms with Gasteiger partial charge in [0.15, 0.2) is 5.65 Å². The van der Waals surface area contributed by atoms with Crippen LogP contribution in [0.15, 0.2) is 11.4 Å². The van der Waals surface area contributed by atoms with Crippen molar-refractivity contribution in [1.82, 2.24) is 19.9 Å². The lowest BCUT2D eigenvalue weighted by Crippen LogP contribution is -1.99. The van der Waals surface area contributed by atoms with E-state index in [2.05, 4.69) is 19.9 Å². The van der Waals surface area contributed by atoms with E-state index in [4.69, 9.17) is 10.8 Å². The van der Waals surface area contributed by atoms with Gasteiger partial charge in [0.05, 0.1) is 12.7 Å². The van der Waals surface area contributed by atoms with Gasteiger partial charge in [-0.05, 0) is 0 Å². The molecular formula is C8H9N5O2S. The Balaban J connectivity index is 2.22. The van der Waals surface area contributed by atoms with E-state index < -0.39 is 5.97 Å². The normalized spacial score (nSPS) is 10.8. The summed E-state index contributed by atoms with van der Waals surface area (Å²) >= 11 is 1.31. The molecule has 0 saturated heterocycles. The number of imidazole rings is 1. The van der Waals surface area contributed by atoms with Gasteiger partial charge in [0.25, 0.3) is 0 Å². The number of nitrogens with two attached hydrogens (primary N) is 1. The minimum absolute atomic E-state index is 0.0736. The van der Waals surface area contributed by atoms with Crippen LogP contribution < -0.4 is 5.73 Å². The maximum atomic E-state index is 10.4. The molecule has 0 atom stereocenters. The van der Waals surface area contributed by atoms with E-state index in [1.807, 2.05) is 0 Å². The molecule has 0 amide bonds. The number of thioether (sulfide) groups is 1. The molecule has 2 heterocycles. The predicted molar refractivity (Wildman–Crippen MR) is 59.1 cm³/mol. The number of hydrogen-bond acceptors (Lipinski definition) is 6. The summed E-state index contributed by atoms with van der Waals surface area (Å²) in [5.74, 6) is -0.271. The van der Waals surface area contributed by atoms with Gasteiger partial charge >= 0.3 is 5.97 Å². The van der Waals surface area contributed by atoms with Crippen LogP contribution in [0.1, 0.15) is 6.42 Å². The third-order valence-corrected chi connectivity index (χ3v) is 2.80. The first-order valence-electron chi connectivity index (χ1n) is 4.48. The van der Waals surface area contributed by atoms with Crippen molar-refractivity contribution in [3.63, 3.8) is 0 Å². The largest absolute Gasteiger partial charge is 0.481 e. The Morgan fingerprint density at radius 1 is 1.56 bits per heavy atom. The molecule has 4 N–H and O–H groups in total. The molecule has 16 heavy (non-hydrogen) atoms. The highest BCUT2D eigenvalue weighted by Gasteiger charge is 2.09. The van der Waals surface area contributed by atoms with E-state index in [0.29, 0.717) is 21.9 Å². The number of hydrogen-bond donors (Lipinski definition) is 3. The maximum absolute atomic E-state index is 10.4. The summed E-state index contributed by atoms with van der Waals surface area (Å²) in [5, 5.41) is 9.15. The lowest BCUT2D eigenvalue weighted by Gasteiger charge is -2.01. The number of aromatic nitrogens is 4. The number of nitrogens with one attached hydrogen (secondary N) is 1. The van der Waals surface area contributed by atoms with Gasteiger partial charge in [-0.25, -0.2) is 9.97 Å². The van der Waals surface area contributed by atoms with Gasteiger partial charge in [0, 0.05) is 5.75 Å². The van der Waals surface area contributed by atoms with Crippen molar-refractivity contribution >= 4 is 34.8 Å². The molecule has 0 aliphatic heterocycles. The second-order valence-electron chi connectivity index (χ2n) is 2.98. The average molecular weight is 239 g/mol. The fraction of sp³-hybridized carbons (Fsp3) is 0.250. The smallest absolute Gasteiger partial charge is 0.304 e. The number of aromatic amines is 1. The van der Waals surface area contributed by atoms with E-state index in [9.17, 15) is 4.79 Å². The van der Waals surface area contributed by atoms with Crippen LogP contribution in [0.4, 0.5) is 5.95 Å². The van der Waals surface area contributed by atoms with Crippen molar-refractivity contribution in [2.75, 3.05) is 11.5 Å². The summed E-state index contributed by atoms with van der Waals surface area (Å²) in [4.78, 5) is 25.2. The zero-order valence-corrected chi connectivity index (χ0v) is 8.99. The highest BCUT2D eigenvalue weighted by molar-refractivity contribution is 7.99. The third-order valence-electron chi connectivity index (χ3n) is 1.82. The van der Waals surface area contributed by atoms with Gasteiger partial charge in [0.2, 0.25) is 5.95 Å². The summed E-state index contributed by atoms with van der Waals surface area (Å²) in [5.41, 5.74) is 6.69. The minimum Gasteiger partial charge on any atom is -0.481 e. The van der Waals surface area contributed by atoms with Crippen LogP contribution in [0.5, 0.6) is 0 Å². The predicted octanol–water partition coefficient (Wildman–Crippen LogP) is 0.502. The average Bonchev–Trinajstić information content (AvgIpc) is 2.64. The SMILES string of the molecule is Nc1nc(SCCC(=O)O)c2[nH]cnc2n1. The number of carboxylic acid groups (broad SMARTS) is 1. The number of aliphatic carboxylic acids is 1. The molecule has 0 radical (unpaired) electrons. The Morgan fingerprint density at radius 2 is 2.38 bits per heavy atom. The van der Waals surface area contributed by atoms with Crippen molar-refractivity contribution in [3.05, 3.63) is 6.33 Å². The first-order valence-corrected chi connectivity index (χ1v) is 5.46. The molecule has 2 rings (SSSR count). The Morgan fingerprint density at radius 3 is 3.12 bits per heavy atom. The van der Waals surface area contributed by atoms with Gasteiger partial charge in [-0.15, -0.1) is 11.8 Å². The summed E-state index contributed by atoms with van der Waals surface area (Å²) < 4.78 is 0. The fourth-order valence-electron chi connectivity index (χ4n) is 1.16. The lowest BCUT2D eigenvalue weighted by atomic mass is 10.5. The Labute approximate surface area is 94.5 Å². The topological polar surface area (TPSA) is 118 Å². The summed E-state index contributed by atoms with van der Waals surface area (Å²) in [6.07, 6.45) is 1.57. The summed E-state index contributed by atoms with van der Waals surface area (Å²) in [7, 11) is 0. The van der Waals surface area contributed by atoms with E-state index in [-0.39, 0.29) is 12.4 Å². The summed E-state index contributed by atoms with van der Waals surface area (Å²) in [6.45, 7) is 0. The van der Waals surface area contributed by atoms with E-state index >= 15 is 0 Å². The number of fused-ring (bicyclic) bond motifs is 1. The van der Waals surface area contributed by atoms with Crippen molar-refractivity contribution < 1.29 is 9.90 Å². The van der Waals surface area contributed by atoms with Crippen molar-refractivity contribution in [1.29, 1.82) is 0 Å². The molecule has 2 aromatic rings. The molecule has 0 aromatic carbocycles. The van der Waals surface area contributed by atoms with Gasteiger partial charge in [-0.2, -0.15) is 4.98 Å². The Bertz CT molecular complexity index is 526. The highest BCUT2D eigenvalue weighted by Crippen LogP contribution is 2.23. The highest BCUT2D eigenvalue weighted by atomic mass is 32.2.